The highest BCUT2D eigenvalue weighted by atomic mass is 19.1. The summed E-state index contributed by atoms with van der Waals surface area (Å²) in [4.78, 5) is 41.7. The molecule has 0 bridgehead atoms. The molecule has 2 amide bonds. The fraction of sp³-hybridized carbons (Fsp3) is 0.364. The van der Waals surface area contributed by atoms with Crippen LogP contribution in [0, 0.1) is 11.2 Å². The summed E-state index contributed by atoms with van der Waals surface area (Å²) in [5.41, 5.74) is 0.448. The summed E-state index contributed by atoms with van der Waals surface area (Å²) in [5.74, 6) is 0.190. The van der Waals surface area contributed by atoms with E-state index in [1.807, 2.05) is 0 Å². The van der Waals surface area contributed by atoms with Gasteiger partial charge in [-0.05, 0) is 55.7 Å². The van der Waals surface area contributed by atoms with Crippen LogP contribution in [0.3, 0.4) is 0 Å². The SMILES string of the molecule is COc1cc(NC(=O)C2(C(=O)Nc3ccc(F)cc3)CC2)ccc1Oc1ncnc2cc(OCCCN3CCOCC3)c(OC)nc12. The average molecular weight is 647 g/mol. The highest BCUT2D eigenvalue weighted by molar-refractivity contribution is 6.17. The van der Waals surface area contributed by atoms with E-state index < -0.39 is 23.0 Å². The number of morpholine rings is 1. The largest absolute Gasteiger partial charge is 0.493 e. The molecule has 4 aromatic rings. The fourth-order valence-corrected chi connectivity index (χ4v) is 5.20. The van der Waals surface area contributed by atoms with Crippen molar-refractivity contribution >= 4 is 34.2 Å². The average Bonchev–Trinajstić information content (AvgIpc) is 3.91. The lowest BCUT2D eigenvalue weighted by Gasteiger charge is -2.26. The van der Waals surface area contributed by atoms with Gasteiger partial charge in [-0.15, -0.1) is 0 Å². The highest BCUT2D eigenvalue weighted by Gasteiger charge is 2.56. The maximum absolute atomic E-state index is 13.2. The number of hydrogen-bond donors (Lipinski definition) is 2. The molecule has 13 nitrogen and oxygen atoms in total. The lowest BCUT2D eigenvalue weighted by molar-refractivity contribution is -0.131. The van der Waals surface area contributed by atoms with Crippen molar-refractivity contribution in [2.45, 2.75) is 19.3 Å². The number of pyridine rings is 1. The molecule has 1 aliphatic heterocycles. The number of carbonyl (C=O) groups is 2. The van der Waals surface area contributed by atoms with Gasteiger partial charge >= 0.3 is 0 Å². The second-order valence-electron chi connectivity index (χ2n) is 11.2. The molecular formula is C33H35FN6O7. The van der Waals surface area contributed by atoms with Gasteiger partial charge in [0.15, 0.2) is 22.8 Å². The Labute approximate surface area is 270 Å². The monoisotopic (exact) mass is 646 g/mol. The van der Waals surface area contributed by atoms with Crippen molar-refractivity contribution < 1.29 is 37.7 Å². The van der Waals surface area contributed by atoms with Crippen LogP contribution in [-0.4, -0.2) is 85.3 Å². The van der Waals surface area contributed by atoms with Gasteiger partial charge in [0.1, 0.15) is 23.1 Å². The quantitative estimate of drug-likeness (QED) is 0.157. The lowest BCUT2D eigenvalue weighted by Crippen LogP contribution is -2.37. The Kier molecular flexibility index (Phi) is 9.59. The zero-order valence-corrected chi connectivity index (χ0v) is 26.1. The first-order chi connectivity index (χ1) is 22.9. The third-order valence-electron chi connectivity index (χ3n) is 8.03. The molecule has 0 unspecified atom stereocenters. The van der Waals surface area contributed by atoms with Crippen molar-refractivity contribution in [2.24, 2.45) is 5.41 Å². The number of nitrogens with one attached hydrogen (secondary N) is 2. The zero-order valence-electron chi connectivity index (χ0n) is 26.1. The standard InChI is InChI=1S/C33H35FN6O7/c1-43-26-18-23(38-32(42)33(10-11-33)31(41)37-22-6-4-21(34)5-7-22)8-9-25(26)47-30-28-24(35-20-36-30)19-27(29(39-28)44-2)46-15-3-12-40-13-16-45-17-14-40/h4-9,18-20H,3,10-17H2,1-2H3,(H,37,41)(H,38,42). The molecule has 0 atom stereocenters. The van der Waals surface area contributed by atoms with Crippen LogP contribution in [0.1, 0.15) is 19.3 Å². The predicted molar refractivity (Wildman–Crippen MR) is 170 cm³/mol. The fourth-order valence-electron chi connectivity index (χ4n) is 5.20. The minimum Gasteiger partial charge on any atom is -0.493 e. The molecular weight excluding hydrogens is 611 g/mol. The summed E-state index contributed by atoms with van der Waals surface area (Å²) in [6.45, 7) is 4.73. The van der Waals surface area contributed by atoms with Crippen LogP contribution in [-0.2, 0) is 14.3 Å². The van der Waals surface area contributed by atoms with E-state index in [-0.39, 0.29) is 11.8 Å². The van der Waals surface area contributed by atoms with Crippen molar-refractivity contribution in [1.82, 2.24) is 19.9 Å². The van der Waals surface area contributed by atoms with Gasteiger partial charge < -0.3 is 34.3 Å². The Balaban J connectivity index is 1.12. The number of anilines is 2. The Bertz CT molecular complexity index is 1750. The number of ether oxygens (including phenoxy) is 5. The summed E-state index contributed by atoms with van der Waals surface area (Å²) >= 11 is 0. The van der Waals surface area contributed by atoms with Crippen LogP contribution in [0.4, 0.5) is 15.8 Å². The van der Waals surface area contributed by atoms with Crippen molar-refractivity contribution in [3.8, 4) is 29.0 Å². The van der Waals surface area contributed by atoms with Gasteiger partial charge in [0.2, 0.25) is 17.7 Å². The normalized spacial score (nSPS) is 15.5. The van der Waals surface area contributed by atoms with E-state index in [0.29, 0.717) is 59.1 Å². The maximum atomic E-state index is 13.2. The third kappa shape index (κ3) is 7.34. The maximum Gasteiger partial charge on any atom is 0.257 e. The molecule has 1 saturated carbocycles. The first-order valence-corrected chi connectivity index (χ1v) is 15.3. The van der Waals surface area contributed by atoms with Crippen molar-refractivity contribution in [1.29, 1.82) is 0 Å². The van der Waals surface area contributed by atoms with Gasteiger partial charge in [-0.3, -0.25) is 14.5 Å². The molecule has 14 heteroatoms. The summed E-state index contributed by atoms with van der Waals surface area (Å²) in [6, 6.07) is 11.9. The van der Waals surface area contributed by atoms with E-state index in [1.54, 1.807) is 24.3 Å². The van der Waals surface area contributed by atoms with Gasteiger partial charge in [0.05, 0.1) is 34.0 Å². The van der Waals surface area contributed by atoms with Gasteiger partial charge in [0.25, 0.3) is 5.88 Å². The number of hydrogen-bond acceptors (Lipinski definition) is 11. The lowest BCUT2D eigenvalue weighted by atomic mass is 10.0. The van der Waals surface area contributed by atoms with Gasteiger partial charge in [-0.25, -0.2) is 14.4 Å². The van der Waals surface area contributed by atoms with E-state index >= 15 is 0 Å². The molecule has 1 saturated heterocycles. The van der Waals surface area contributed by atoms with E-state index in [0.717, 1.165) is 39.3 Å². The van der Waals surface area contributed by atoms with Crippen molar-refractivity contribution in [3.63, 3.8) is 0 Å². The van der Waals surface area contributed by atoms with Gasteiger partial charge in [-0.2, -0.15) is 4.98 Å². The van der Waals surface area contributed by atoms with Gasteiger partial charge in [0, 0.05) is 43.1 Å². The van der Waals surface area contributed by atoms with Crippen LogP contribution < -0.4 is 29.6 Å². The molecule has 2 N–H and O–H groups in total. The van der Waals surface area contributed by atoms with E-state index in [4.69, 9.17) is 23.7 Å². The van der Waals surface area contributed by atoms with E-state index in [1.165, 1.54) is 44.8 Å². The minimum atomic E-state index is -1.22. The molecule has 2 fully saturated rings. The molecule has 0 spiro atoms. The minimum absolute atomic E-state index is 0.164. The molecule has 6 rings (SSSR count). The number of aromatic nitrogens is 3. The second kappa shape index (κ2) is 14.1. The van der Waals surface area contributed by atoms with Crippen LogP contribution >= 0.6 is 0 Å². The molecule has 3 heterocycles. The first kappa shape index (κ1) is 31.9. The smallest absolute Gasteiger partial charge is 0.257 e. The van der Waals surface area contributed by atoms with Crippen molar-refractivity contribution in [2.75, 3.05) is 64.3 Å². The molecule has 2 aliphatic rings. The number of amides is 2. The third-order valence-corrected chi connectivity index (χ3v) is 8.03. The highest BCUT2D eigenvalue weighted by Crippen LogP contribution is 2.48. The summed E-state index contributed by atoms with van der Waals surface area (Å²) in [6.07, 6.45) is 2.98. The summed E-state index contributed by atoms with van der Waals surface area (Å²) in [7, 11) is 2.97. The number of carbonyl (C=O) groups excluding carboxylic acids is 2. The molecule has 246 valence electrons. The van der Waals surface area contributed by atoms with Crippen LogP contribution in [0.25, 0.3) is 11.0 Å². The number of fused-ring (bicyclic) bond motifs is 1. The van der Waals surface area contributed by atoms with Crippen LogP contribution in [0.2, 0.25) is 0 Å². The van der Waals surface area contributed by atoms with Gasteiger partial charge in [-0.1, -0.05) is 0 Å². The number of nitrogens with zero attached hydrogens (tertiary/aromatic N) is 4. The van der Waals surface area contributed by atoms with Crippen molar-refractivity contribution in [3.05, 3.63) is 60.7 Å². The molecule has 2 aromatic carbocycles. The van der Waals surface area contributed by atoms with Crippen LogP contribution in [0.15, 0.2) is 54.9 Å². The number of rotatable bonds is 13. The summed E-state index contributed by atoms with van der Waals surface area (Å²) < 4.78 is 41.8. The Hall–Kier alpha value is -5.08. The van der Waals surface area contributed by atoms with Crippen LogP contribution in [0.5, 0.6) is 29.0 Å². The zero-order chi connectivity index (χ0) is 32.8. The summed E-state index contributed by atoms with van der Waals surface area (Å²) in [5, 5.41) is 5.50. The molecule has 47 heavy (non-hydrogen) atoms. The predicted octanol–water partition coefficient (Wildman–Crippen LogP) is 4.43. The second-order valence-corrected chi connectivity index (χ2v) is 11.2. The van der Waals surface area contributed by atoms with E-state index in [2.05, 4.69) is 30.5 Å². The number of methoxy groups -OCH3 is 2. The first-order valence-electron chi connectivity index (χ1n) is 15.3. The Morgan fingerprint density at radius 1 is 0.894 bits per heavy atom. The Morgan fingerprint density at radius 3 is 2.32 bits per heavy atom. The number of benzene rings is 2. The molecule has 1 aliphatic carbocycles. The Morgan fingerprint density at radius 2 is 1.62 bits per heavy atom. The molecule has 2 aromatic heterocycles. The van der Waals surface area contributed by atoms with E-state index in [9.17, 15) is 14.0 Å². The topological polar surface area (TPSA) is 146 Å². The number of halogens is 1. The molecule has 0 radical (unpaired) electrons.